The second-order valence-corrected chi connectivity index (χ2v) is 6.91. The summed E-state index contributed by atoms with van der Waals surface area (Å²) < 4.78 is 5.21. The van der Waals surface area contributed by atoms with E-state index in [2.05, 4.69) is 38.2 Å². The van der Waals surface area contributed by atoms with Crippen molar-refractivity contribution in [2.24, 2.45) is 0 Å². The highest BCUT2D eigenvalue weighted by Crippen LogP contribution is 2.09. The minimum Gasteiger partial charge on any atom is -0.466 e. The zero-order valence-corrected chi connectivity index (χ0v) is 16.9. The van der Waals surface area contributed by atoms with Gasteiger partial charge in [-0.15, -0.1) is 0 Å². The molecule has 0 aromatic heterocycles. The maximum Gasteiger partial charge on any atom is 0.305 e. The van der Waals surface area contributed by atoms with Crippen LogP contribution in [0.5, 0.6) is 0 Å². The molecule has 2 heteroatoms. The standard InChI is InChI=1S/C23H42O2/c1-3-5-7-8-9-10-11-12-13-14-15-16-17-18-19-21-23(24)25-22-20-6-4-2/h9-10,12-13H,3-8,11,14-22H2,1-2H3/b10-9-,13-12-. The Morgan fingerprint density at radius 3 is 1.92 bits per heavy atom. The highest BCUT2D eigenvalue weighted by molar-refractivity contribution is 5.69. The maximum absolute atomic E-state index is 11.5. The molecule has 25 heavy (non-hydrogen) atoms. The van der Waals surface area contributed by atoms with Crippen LogP contribution in [0, 0.1) is 0 Å². The third-order valence-corrected chi connectivity index (χ3v) is 4.34. The van der Waals surface area contributed by atoms with E-state index in [1.807, 2.05) is 0 Å². The van der Waals surface area contributed by atoms with Gasteiger partial charge in [-0.2, -0.15) is 0 Å². The first-order valence-electron chi connectivity index (χ1n) is 10.8. The Balaban J connectivity index is 3.25. The molecule has 0 aliphatic heterocycles. The Kier molecular flexibility index (Phi) is 20.1. The first-order valence-corrected chi connectivity index (χ1v) is 10.8. The van der Waals surface area contributed by atoms with Crippen LogP contribution in [0.3, 0.4) is 0 Å². The van der Waals surface area contributed by atoms with Crippen molar-refractivity contribution in [1.82, 2.24) is 0 Å². The van der Waals surface area contributed by atoms with Crippen molar-refractivity contribution < 1.29 is 9.53 Å². The van der Waals surface area contributed by atoms with E-state index in [0.717, 1.165) is 32.1 Å². The highest BCUT2D eigenvalue weighted by atomic mass is 16.5. The van der Waals surface area contributed by atoms with Gasteiger partial charge in [-0.25, -0.2) is 0 Å². The lowest BCUT2D eigenvalue weighted by Crippen LogP contribution is -2.05. The van der Waals surface area contributed by atoms with Crippen molar-refractivity contribution >= 4 is 5.97 Å². The van der Waals surface area contributed by atoms with Gasteiger partial charge in [-0.3, -0.25) is 4.79 Å². The summed E-state index contributed by atoms with van der Waals surface area (Å²) in [5.74, 6) is -0.0122. The number of ether oxygens (including phenoxy) is 1. The summed E-state index contributed by atoms with van der Waals surface area (Å²) in [4.78, 5) is 11.5. The number of carbonyl (C=O) groups excluding carboxylic acids is 1. The van der Waals surface area contributed by atoms with Crippen LogP contribution in [0.15, 0.2) is 24.3 Å². The topological polar surface area (TPSA) is 26.3 Å². The number of esters is 1. The molecule has 0 N–H and O–H groups in total. The average Bonchev–Trinajstić information content (AvgIpc) is 2.62. The van der Waals surface area contributed by atoms with E-state index in [1.165, 1.54) is 57.8 Å². The van der Waals surface area contributed by atoms with Crippen molar-refractivity contribution in [3.05, 3.63) is 24.3 Å². The Bertz CT molecular complexity index is 331. The zero-order valence-electron chi connectivity index (χ0n) is 16.9. The van der Waals surface area contributed by atoms with E-state index in [0.29, 0.717) is 13.0 Å². The molecule has 0 aromatic carbocycles. The van der Waals surface area contributed by atoms with E-state index in [-0.39, 0.29) is 5.97 Å². The summed E-state index contributed by atoms with van der Waals surface area (Å²) in [6, 6.07) is 0. The van der Waals surface area contributed by atoms with Gasteiger partial charge < -0.3 is 4.74 Å². The Morgan fingerprint density at radius 1 is 0.680 bits per heavy atom. The number of hydrogen-bond donors (Lipinski definition) is 0. The number of hydrogen-bond acceptors (Lipinski definition) is 2. The van der Waals surface area contributed by atoms with Crippen LogP contribution in [-0.4, -0.2) is 12.6 Å². The van der Waals surface area contributed by atoms with Gasteiger partial charge in [0.25, 0.3) is 0 Å². The van der Waals surface area contributed by atoms with Crippen molar-refractivity contribution in [2.45, 2.75) is 110 Å². The molecule has 0 radical (unpaired) electrons. The molecule has 0 saturated heterocycles. The van der Waals surface area contributed by atoms with E-state index in [9.17, 15) is 4.79 Å². The van der Waals surface area contributed by atoms with Gasteiger partial charge in [0, 0.05) is 6.42 Å². The molecule has 0 spiro atoms. The zero-order chi connectivity index (χ0) is 18.4. The first-order chi connectivity index (χ1) is 12.3. The molecule has 0 heterocycles. The summed E-state index contributed by atoms with van der Waals surface area (Å²) in [5.41, 5.74) is 0. The Hall–Kier alpha value is -1.05. The van der Waals surface area contributed by atoms with Crippen LogP contribution in [0.25, 0.3) is 0 Å². The van der Waals surface area contributed by atoms with Crippen molar-refractivity contribution in [3.8, 4) is 0 Å². The predicted molar refractivity (Wildman–Crippen MR) is 110 cm³/mol. The summed E-state index contributed by atoms with van der Waals surface area (Å²) in [6.45, 7) is 5.01. The lowest BCUT2D eigenvalue weighted by molar-refractivity contribution is -0.143. The van der Waals surface area contributed by atoms with Gasteiger partial charge in [0.1, 0.15) is 0 Å². The summed E-state index contributed by atoms with van der Waals surface area (Å²) >= 11 is 0. The molecule has 0 amide bonds. The summed E-state index contributed by atoms with van der Waals surface area (Å²) in [7, 11) is 0. The minimum atomic E-state index is -0.0122. The lowest BCUT2D eigenvalue weighted by Gasteiger charge is -2.04. The third-order valence-electron chi connectivity index (χ3n) is 4.34. The van der Waals surface area contributed by atoms with Gasteiger partial charge in [-0.1, -0.05) is 83.1 Å². The molecule has 0 rings (SSSR count). The van der Waals surface area contributed by atoms with Crippen molar-refractivity contribution in [2.75, 3.05) is 6.61 Å². The van der Waals surface area contributed by atoms with Crippen molar-refractivity contribution in [3.63, 3.8) is 0 Å². The number of carbonyl (C=O) groups is 1. The van der Waals surface area contributed by atoms with Gasteiger partial charge in [0.05, 0.1) is 6.61 Å². The second kappa shape index (κ2) is 21.0. The molecule has 0 aromatic rings. The van der Waals surface area contributed by atoms with Crippen LogP contribution in [0.4, 0.5) is 0 Å². The fourth-order valence-electron chi connectivity index (χ4n) is 2.69. The molecule has 0 aliphatic rings. The molecule has 146 valence electrons. The summed E-state index contributed by atoms with van der Waals surface area (Å²) in [5, 5.41) is 0. The van der Waals surface area contributed by atoms with E-state index in [4.69, 9.17) is 4.74 Å². The summed E-state index contributed by atoms with van der Waals surface area (Å²) in [6.07, 6.45) is 26.5. The fraction of sp³-hybridized carbons (Fsp3) is 0.783. The molecule has 0 bridgehead atoms. The molecular formula is C23H42O2. The van der Waals surface area contributed by atoms with Crippen LogP contribution in [-0.2, 0) is 9.53 Å². The number of rotatable bonds is 18. The second-order valence-electron chi connectivity index (χ2n) is 6.91. The van der Waals surface area contributed by atoms with E-state index >= 15 is 0 Å². The van der Waals surface area contributed by atoms with Gasteiger partial charge in [0.15, 0.2) is 0 Å². The number of unbranched alkanes of at least 4 members (excludes halogenated alkanes) is 10. The smallest absolute Gasteiger partial charge is 0.305 e. The Morgan fingerprint density at radius 2 is 1.24 bits per heavy atom. The van der Waals surface area contributed by atoms with Gasteiger partial charge in [-0.05, 0) is 44.9 Å². The van der Waals surface area contributed by atoms with Crippen LogP contribution < -0.4 is 0 Å². The van der Waals surface area contributed by atoms with Crippen LogP contribution >= 0.6 is 0 Å². The molecule has 2 nitrogen and oxygen atoms in total. The quantitative estimate of drug-likeness (QED) is 0.145. The van der Waals surface area contributed by atoms with Crippen LogP contribution in [0.2, 0.25) is 0 Å². The molecular weight excluding hydrogens is 308 g/mol. The third kappa shape index (κ3) is 20.9. The molecule has 0 aliphatic carbocycles. The molecule has 0 fully saturated rings. The monoisotopic (exact) mass is 350 g/mol. The van der Waals surface area contributed by atoms with Gasteiger partial charge in [0.2, 0.25) is 0 Å². The Labute approximate surface area is 157 Å². The highest BCUT2D eigenvalue weighted by Gasteiger charge is 2.01. The molecule has 0 atom stereocenters. The van der Waals surface area contributed by atoms with Crippen LogP contribution in [0.1, 0.15) is 110 Å². The number of allylic oxidation sites excluding steroid dienone is 4. The SMILES string of the molecule is CCCCC/C=C\C/C=C\CCCCCCCC(=O)OCCCCC. The minimum absolute atomic E-state index is 0.0122. The molecule has 0 unspecified atom stereocenters. The normalized spacial score (nSPS) is 11.6. The predicted octanol–water partition coefficient (Wildman–Crippen LogP) is 7.53. The van der Waals surface area contributed by atoms with Gasteiger partial charge >= 0.3 is 5.97 Å². The molecule has 0 saturated carbocycles. The van der Waals surface area contributed by atoms with Crippen molar-refractivity contribution in [1.29, 1.82) is 0 Å². The van der Waals surface area contributed by atoms with E-state index < -0.39 is 0 Å². The maximum atomic E-state index is 11.5. The average molecular weight is 351 g/mol. The van der Waals surface area contributed by atoms with E-state index in [1.54, 1.807) is 0 Å². The lowest BCUT2D eigenvalue weighted by atomic mass is 10.1. The first kappa shape index (κ1) is 23.9. The largest absolute Gasteiger partial charge is 0.466 e. The fourth-order valence-corrected chi connectivity index (χ4v) is 2.69.